The van der Waals surface area contributed by atoms with Gasteiger partial charge in [-0.1, -0.05) is 6.07 Å². The zero-order valence-electron chi connectivity index (χ0n) is 16.4. The van der Waals surface area contributed by atoms with E-state index in [1.807, 2.05) is 23.6 Å². The number of amides is 1. The summed E-state index contributed by atoms with van der Waals surface area (Å²) in [6, 6.07) is 6.30. The fourth-order valence-electron chi connectivity index (χ4n) is 2.76. The molecule has 8 heteroatoms. The minimum Gasteiger partial charge on any atom is -0.480 e. The second kappa shape index (κ2) is 9.54. The van der Waals surface area contributed by atoms with Gasteiger partial charge in [-0.15, -0.1) is 11.3 Å². The van der Waals surface area contributed by atoms with Crippen LogP contribution in [0.15, 0.2) is 42.0 Å². The number of thiophene rings is 1. The first-order valence-corrected chi connectivity index (χ1v) is 9.98. The highest BCUT2D eigenvalue weighted by molar-refractivity contribution is 7.09. The molecule has 0 fully saturated rings. The lowest BCUT2D eigenvalue weighted by atomic mass is 10.1. The van der Waals surface area contributed by atoms with Crippen LogP contribution in [0.2, 0.25) is 0 Å². The monoisotopic (exact) mass is 407 g/mol. The average molecular weight is 408 g/mol. The summed E-state index contributed by atoms with van der Waals surface area (Å²) >= 11 is 1.46. The van der Waals surface area contributed by atoms with Gasteiger partial charge in [0.1, 0.15) is 11.6 Å². The number of rotatable bonds is 8. The molecule has 0 spiro atoms. The predicted molar refractivity (Wildman–Crippen MR) is 105 cm³/mol. The number of pyridine rings is 1. The van der Waals surface area contributed by atoms with E-state index in [-0.39, 0.29) is 13.0 Å². The van der Waals surface area contributed by atoms with Crippen molar-refractivity contribution in [2.45, 2.75) is 51.7 Å². The lowest BCUT2D eigenvalue weighted by molar-refractivity contribution is -0.905. The van der Waals surface area contributed by atoms with Crippen LogP contribution in [0.3, 0.4) is 0 Å². The molecule has 0 unspecified atom stereocenters. The zero-order valence-corrected chi connectivity index (χ0v) is 17.2. The average Bonchev–Trinajstić information content (AvgIpc) is 3.08. The fraction of sp³-hybridized carbons (Fsp3) is 0.450. The third kappa shape index (κ3) is 6.84. The molecule has 0 aliphatic heterocycles. The van der Waals surface area contributed by atoms with Crippen molar-refractivity contribution in [3.05, 3.63) is 52.5 Å². The summed E-state index contributed by atoms with van der Waals surface area (Å²) in [7, 11) is 0. The van der Waals surface area contributed by atoms with E-state index in [0.29, 0.717) is 12.8 Å². The van der Waals surface area contributed by atoms with Gasteiger partial charge in [0.15, 0.2) is 0 Å². The molecule has 152 valence electrons. The summed E-state index contributed by atoms with van der Waals surface area (Å²) in [4.78, 5) is 26.9. The van der Waals surface area contributed by atoms with Crippen molar-refractivity contribution in [1.29, 1.82) is 0 Å². The summed E-state index contributed by atoms with van der Waals surface area (Å²) in [5.74, 6) is -1.06. The van der Waals surface area contributed by atoms with Crippen LogP contribution in [0.4, 0.5) is 4.79 Å². The van der Waals surface area contributed by atoms with Gasteiger partial charge in [0.2, 0.25) is 12.4 Å². The molecule has 2 aromatic rings. The van der Waals surface area contributed by atoms with E-state index >= 15 is 0 Å². The molecule has 0 aliphatic carbocycles. The predicted octanol–water partition coefficient (Wildman–Crippen LogP) is 3.14. The normalized spacial score (nSPS) is 12.4. The van der Waals surface area contributed by atoms with Crippen LogP contribution in [0.1, 0.15) is 37.6 Å². The lowest BCUT2D eigenvalue weighted by Crippen LogP contribution is -2.48. The van der Waals surface area contributed by atoms with Crippen LogP contribution in [-0.4, -0.2) is 45.5 Å². The first-order valence-electron chi connectivity index (χ1n) is 9.10. The van der Waals surface area contributed by atoms with E-state index in [1.165, 1.54) is 22.4 Å². The Hall–Kier alpha value is -2.61. The van der Waals surface area contributed by atoms with Gasteiger partial charge in [-0.3, -0.25) is 10.1 Å². The molecule has 7 nitrogen and oxygen atoms in total. The van der Waals surface area contributed by atoms with Gasteiger partial charge >= 0.3 is 12.1 Å². The number of hydrogen-bond donors (Lipinski definition) is 2. The number of carboxylic acid groups (broad SMARTS) is 1. The van der Waals surface area contributed by atoms with Gasteiger partial charge in [-0.25, -0.2) is 9.59 Å². The maximum atomic E-state index is 12.7. The molecule has 0 bridgehead atoms. The molecular formula is C20H27N2O5S+. The van der Waals surface area contributed by atoms with Crippen molar-refractivity contribution in [1.82, 2.24) is 4.90 Å². The Morgan fingerprint density at radius 2 is 2.04 bits per heavy atom. The van der Waals surface area contributed by atoms with Crippen molar-refractivity contribution in [2.24, 2.45) is 0 Å². The van der Waals surface area contributed by atoms with Gasteiger partial charge in [0.25, 0.3) is 0 Å². The molecule has 0 aliphatic rings. The molecule has 2 heterocycles. The number of carboxylic acids is 1. The van der Waals surface area contributed by atoms with E-state index in [0.717, 1.165) is 15.2 Å². The minimum absolute atomic E-state index is 0.230. The lowest BCUT2D eigenvalue weighted by Gasteiger charge is -2.31. The zero-order chi connectivity index (χ0) is 20.7. The maximum absolute atomic E-state index is 12.7. The highest BCUT2D eigenvalue weighted by Crippen LogP contribution is 2.19. The van der Waals surface area contributed by atoms with Crippen LogP contribution in [0, 0.1) is 0 Å². The Morgan fingerprint density at radius 3 is 2.61 bits per heavy atom. The molecule has 2 aromatic heterocycles. The molecule has 0 radical (unpaired) electrons. The fourth-order valence-corrected chi connectivity index (χ4v) is 3.50. The standard InChI is InChI=1S/C20H26N2O5S/c1-20(2,3)27-19(25)22(11-5-8-15-7-4-10-21(26)14-15)17(18(23)24)13-16-9-6-12-28-16/h4,6-7,9-10,12,14,17H,5,8,11,13H2,1-3H3,(H-,23,24,26)/p+1/t17-/m0/s1. The molecule has 0 aromatic carbocycles. The molecule has 2 rings (SSSR count). The van der Waals surface area contributed by atoms with E-state index < -0.39 is 23.7 Å². The number of aliphatic carboxylic acids is 1. The van der Waals surface area contributed by atoms with Crippen LogP contribution in [0.5, 0.6) is 0 Å². The molecule has 0 saturated heterocycles. The number of aromatic nitrogens is 1. The molecule has 0 saturated carbocycles. The van der Waals surface area contributed by atoms with Gasteiger partial charge in [-0.05, 0) is 51.1 Å². The highest BCUT2D eigenvalue weighted by Gasteiger charge is 2.33. The van der Waals surface area contributed by atoms with E-state index in [1.54, 1.807) is 33.0 Å². The third-order valence-electron chi connectivity index (χ3n) is 3.98. The quantitative estimate of drug-likeness (QED) is 0.518. The number of aryl methyl sites for hydroxylation is 1. The first-order chi connectivity index (χ1) is 13.2. The van der Waals surface area contributed by atoms with Crippen molar-refractivity contribution in [2.75, 3.05) is 6.54 Å². The second-order valence-electron chi connectivity index (χ2n) is 7.51. The summed E-state index contributed by atoms with van der Waals surface area (Å²) in [6.07, 6.45) is 3.81. The van der Waals surface area contributed by atoms with Crippen molar-refractivity contribution < 1.29 is 29.4 Å². The van der Waals surface area contributed by atoms with Gasteiger partial charge in [-0.2, -0.15) is 0 Å². The van der Waals surface area contributed by atoms with Gasteiger partial charge in [0.05, 0.1) is 0 Å². The number of carbonyl (C=O) groups excluding carboxylic acids is 1. The number of nitrogens with zero attached hydrogens (tertiary/aromatic N) is 2. The van der Waals surface area contributed by atoms with E-state index in [4.69, 9.17) is 4.74 Å². The minimum atomic E-state index is -1.06. The van der Waals surface area contributed by atoms with Gasteiger partial charge in [0, 0.05) is 34.2 Å². The summed E-state index contributed by atoms with van der Waals surface area (Å²) in [5.41, 5.74) is 0.169. The van der Waals surface area contributed by atoms with Crippen LogP contribution in [0.25, 0.3) is 0 Å². The Bertz CT molecular complexity index is 786. The first kappa shape index (κ1) is 21.7. The summed E-state index contributed by atoms with van der Waals surface area (Å²) in [5, 5.41) is 21.1. The molecule has 28 heavy (non-hydrogen) atoms. The topological polar surface area (TPSA) is 91.0 Å². The Kier molecular flexibility index (Phi) is 7.39. The number of hydrogen-bond acceptors (Lipinski definition) is 5. The van der Waals surface area contributed by atoms with Gasteiger partial charge < -0.3 is 9.84 Å². The Labute approximate surface area is 168 Å². The smallest absolute Gasteiger partial charge is 0.411 e. The molecule has 1 atom stereocenters. The number of ether oxygens (including phenoxy) is 1. The maximum Gasteiger partial charge on any atom is 0.411 e. The second-order valence-corrected chi connectivity index (χ2v) is 8.54. The Balaban J connectivity index is 2.14. The van der Waals surface area contributed by atoms with Crippen molar-refractivity contribution >= 4 is 23.4 Å². The molecular weight excluding hydrogens is 380 g/mol. The van der Waals surface area contributed by atoms with E-state index in [9.17, 15) is 19.9 Å². The van der Waals surface area contributed by atoms with E-state index in [2.05, 4.69) is 0 Å². The van der Waals surface area contributed by atoms with Crippen LogP contribution in [-0.2, 0) is 22.4 Å². The van der Waals surface area contributed by atoms with Crippen molar-refractivity contribution in [3.63, 3.8) is 0 Å². The molecule has 2 N–H and O–H groups in total. The summed E-state index contributed by atoms with van der Waals surface area (Å²) < 4.78 is 6.43. The van der Waals surface area contributed by atoms with Crippen LogP contribution < -0.4 is 4.73 Å². The Morgan fingerprint density at radius 1 is 1.29 bits per heavy atom. The number of carbonyl (C=O) groups is 2. The van der Waals surface area contributed by atoms with Crippen LogP contribution >= 0.6 is 11.3 Å². The SMILES string of the molecule is CC(C)(C)OC(=O)N(CCCc1ccc[n+](O)c1)[C@@H](Cc1cccs1)C(=O)O. The molecule has 1 amide bonds. The summed E-state index contributed by atoms with van der Waals surface area (Å²) in [6.45, 7) is 5.49. The third-order valence-corrected chi connectivity index (χ3v) is 4.87. The largest absolute Gasteiger partial charge is 0.480 e. The van der Waals surface area contributed by atoms with Crippen molar-refractivity contribution in [3.8, 4) is 0 Å². The highest BCUT2D eigenvalue weighted by atomic mass is 32.1.